The van der Waals surface area contributed by atoms with Crippen LogP contribution in [0.15, 0.2) is 24.3 Å². The first-order chi connectivity index (χ1) is 13.7. The van der Waals surface area contributed by atoms with Crippen molar-refractivity contribution in [3.8, 4) is 23.7 Å². The standard InChI is InChI=1S/C26H42O2/c1-25(2)21-17-14-12-10-8-6-4-3-5-7-9-11-13-15-18-22-26(28)23-19-16-20-24-27/h4,6,18,22,25-28H,3,5,7-15,17,21,24H2,1-2H3/b6-4-,22-18+/t26-/m0/s1. The summed E-state index contributed by atoms with van der Waals surface area (Å²) in [6.07, 6.45) is 24.3. The van der Waals surface area contributed by atoms with Gasteiger partial charge in [-0.25, -0.2) is 0 Å². The highest BCUT2D eigenvalue weighted by Gasteiger charge is 1.94. The van der Waals surface area contributed by atoms with E-state index in [9.17, 15) is 5.11 Å². The molecule has 2 heteroatoms. The van der Waals surface area contributed by atoms with Gasteiger partial charge in [-0.05, 0) is 62.4 Å². The van der Waals surface area contributed by atoms with Crippen LogP contribution in [-0.4, -0.2) is 22.9 Å². The number of aliphatic hydroxyl groups excluding tert-OH is 2. The molecule has 0 unspecified atom stereocenters. The van der Waals surface area contributed by atoms with Gasteiger partial charge < -0.3 is 10.2 Å². The van der Waals surface area contributed by atoms with Crippen LogP contribution in [0, 0.1) is 29.6 Å². The number of hydrogen-bond acceptors (Lipinski definition) is 2. The van der Waals surface area contributed by atoms with Gasteiger partial charge in [0, 0.05) is 0 Å². The maximum atomic E-state index is 9.59. The van der Waals surface area contributed by atoms with Crippen LogP contribution in [0.3, 0.4) is 0 Å². The summed E-state index contributed by atoms with van der Waals surface area (Å²) in [5.41, 5.74) is 0. The molecule has 0 aliphatic rings. The molecule has 0 aromatic heterocycles. The van der Waals surface area contributed by atoms with Gasteiger partial charge in [0.1, 0.15) is 12.7 Å². The maximum Gasteiger partial charge on any atom is 0.134 e. The van der Waals surface area contributed by atoms with Gasteiger partial charge in [-0.1, -0.05) is 88.9 Å². The topological polar surface area (TPSA) is 40.5 Å². The van der Waals surface area contributed by atoms with Gasteiger partial charge in [0.25, 0.3) is 0 Å². The number of unbranched alkanes of at least 4 members (excludes halogenated alkanes) is 10. The fourth-order valence-corrected chi connectivity index (χ4v) is 2.93. The molecule has 2 N–H and O–H groups in total. The van der Waals surface area contributed by atoms with Gasteiger partial charge in [-0.15, -0.1) is 0 Å². The van der Waals surface area contributed by atoms with Gasteiger partial charge in [0.2, 0.25) is 0 Å². The summed E-state index contributed by atoms with van der Waals surface area (Å²) in [6, 6.07) is 0. The van der Waals surface area contributed by atoms with E-state index in [1.807, 2.05) is 6.08 Å². The van der Waals surface area contributed by atoms with E-state index in [4.69, 9.17) is 5.11 Å². The molecule has 0 saturated carbocycles. The van der Waals surface area contributed by atoms with E-state index in [1.165, 1.54) is 70.6 Å². The second-order valence-corrected chi connectivity index (χ2v) is 7.80. The van der Waals surface area contributed by atoms with Crippen molar-refractivity contribution in [3.05, 3.63) is 24.3 Å². The van der Waals surface area contributed by atoms with E-state index in [2.05, 4.69) is 49.7 Å². The highest BCUT2D eigenvalue weighted by molar-refractivity contribution is 5.28. The first-order valence-corrected chi connectivity index (χ1v) is 11.3. The monoisotopic (exact) mass is 386 g/mol. The van der Waals surface area contributed by atoms with Crippen molar-refractivity contribution < 1.29 is 10.2 Å². The molecule has 1 atom stereocenters. The molecule has 158 valence electrons. The van der Waals surface area contributed by atoms with Gasteiger partial charge >= 0.3 is 0 Å². The lowest BCUT2D eigenvalue weighted by molar-refractivity contribution is 0.280. The molecule has 0 heterocycles. The van der Waals surface area contributed by atoms with Crippen LogP contribution in [0.4, 0.5) is 0 Å². The van der Waals surface area contributed by atoms with E-state index in [1.54, 1.807) is 6.08 Å². The van der Waals surface area contributed by atoms with E-state index < -0.39 is 6.10 Å². The molecule has 0 aromatic carbocycles. The largest absolute Gasteiger partial charge is 0.384 e. The lowest BCUT2D eigenvalue weighted by Crippen LogP contribution is -1.96. The lowest BCUT2D eigenvalue weighted by Gasteiger charge is -2.03. The molecular formula is C26H42O2. The van der Waals surface area contributed by atoms with Crippen LogP contribution in [0.25, 0.3) is 0 Å². The quantitative estimate of drug-likeness (QED) is 0.189. The van der Waals surface area contributed by atoms with Crippen molar-refractivity contribution in [1.82, 2.24) is 0 Å². The van der Waals surface area contributed by atoms with E-state index in [0.717, 1.165) is 18.8 Å². The minimum atomic E-state index is -0.764. The normalized spacial score (nSPS) is 12.2. The smallest absolute Gasteiger partial charge is 0.134 e. The molecule has 0 aromatic rings. The van der Waals surface area contributed by atoms with Crippen molar-refractivity contribution in [3.63, 3.8) is 0 Å². The molecule has 0 saturated heterocycles. The molecular weight excluding hydrogens is 344 g/mol. The highest BCUT2D eigenvalue weighted by Crippen LogP contribution is 2.11. The zero-order valence-electron chi connectivity index (χ0n) is 18.3. The van der Waals surface area contributed by atoms with Crippen LogP contribution >= 0.6 is 0 Å². The maximum absolute atomic E-state index is 9.59. The fraction of sp³-hybridized carbons (Fsp3) is 0.692. The van der Waals surface area contributed by atoms with Crippen LogP contribution < -0.4 is 0 Å². The molecule has 0 bridgehead atoms. The molecule has 28 heavy (non-hydrogen) atoms. The summed E-state index contributed by atoms with van der Waals surface area (Å²) in [6.45, 7) is 4.42. The van der Waals surface area contributed by atoms with Crippen molar-refractivity contribution >= 4 is 0 Å². The van der Waals surface area contributed by atoms with E-state index in [-0.39, 0.29) is 6.61 Å². The van der Waals surface area contributed by atoms with Crippen molar-refractivity contribution in [2.24, 2.45) is 5.92 Å². The second-order valence-electron chi connectivity index (χ2n) is 7.80. The van der Waals surface area contributed by atoms with E-state index >= 15 is 0 Å². The molecule has 0 spiro atoms. The summed E-state index contributed by atoms with van der Waals surface area (Å²) in [4.78, 5) is 0. The van der Waals surface area contributed by atoms with Crippen molar-refractivity contribution in [1.29, 1.82) is 0 Å². The Kier molecular flexibility index (Phi) is 20.7. The Balaban J connectivity index is 3.36. The fourth-order valence-electron chi connectivity index (χ4n) is 2.93. The average molecular weight is 387 g/mol. The molecule has 0 radical (unpaired) electrons. The molecule has 0 amide bonds. The molecule has 0 fully saturated rings. The van der Waals surface area contributed by atoms with Crippen LogP contribution in [0.5, 0.6) is 0 Å². The Labute approximate surface area is 174 Å². The number of hydrogen-bond donors (Lipinski definition) is 2. The molecule has 2 nitrogen and oxygen atoms in total. The number of rotatable bonds is 16. The van der Waals surface area contributed by atoms with Crippen LogP contribution in [0.2, 0.25) is 0 Å². The second kappa shape index (κ2) is 21.8. The Morgan fingerprint density at radius 2 is 1.25 bits per heavy atom. The summed E-state index contributed by atoms with van der Waals surface area (Å²) in [5, 5.41) is 18.1. The minimum Gasteiger partial charge on any atom is -0.384 e. The Hall–Kier alpha value is -1.48. The zero-order chi connectivity index (χ0) is 20.7. The zero-order valence-corrected chi connectivity index (χ0v) is 18.3. The summed E-state index contributed by atoms with van der Waals surface area (Å²) >= 11 is 0. The van der Waals surface area contributed by atoms with Crippen LogP contribution in [0.1, 0.15) is 97.3 Å². The predicted octanol–water partition coefficient (Wildman–Crippen LogP) is 6.19. The van der Waals surface area contributed by atoms with Gasteiger partial charge in [-0.2, -0.15) is 0 Å². The molecule has 0 rings (SSSR count). The lowest BCUT2D eigenvalue weighted by atomic mass is 10.0. The highest BCUT2D eigenvalue weighted by atomic mass is 16.3. The van der Waals surface area contributed by atoms with Crippen molar-refractivity contribution in [2.75, 3.05) is 6.61 Å². The van der Waals surface area contributed by atoms with Gasteiger partial charge in [-0.3, -0.25) is 0 Å². The SMILES string of the molecule is CC(C)CCCCCC/C=C\CCCCCCC/C=C/[C@H](O)C#CC#CCO. The Bertz CT molecular complexity index is 508. The summed E-state index contributed by atoms with van der Waals surface area (Å²) < 4.78 is 0. The van der Waals surface area contributed by atoms with Crippen LogP contribution in [-0.2, 0) is 0 Å². The molecule has 0 aliphatic heterocycles. The summed E-state index contributed by atoms with van der Waals surface area (Å²) in [7, 11) is 0. The Morgan fingerprint density at radius 1 is 0.714 bits per heavy atom. The van der Waals surface area contributed by atoms with Crippen molar-refractivity contribution in [2.45, 2.75) is 103 Å². The van der Waals surface area contributed by atoms with E-state index in [0.29, 0.717) is 0 Å². The van der Waals surface area contributed by atoms with Gasteiger partial charge in [0.15, 0.2) is 0 Å². The van der Waals surface area contributed by atoms with Gasteiger partial charge in [0.05, 0.1) is 0 Å². The third-order valence-corrected chi connectivity index (χ3v) is 4.58. The first-order valence-electron chi connectivity index (χ1n) is 11.3. The number of aliphatic hydroxyl groups is 2. The molecule has 0 aliphatic carbocycles. The summed E-state index contributed by atoms with van der Waals surface area (Å²) in [5.74, 6) is 10.9. The minimum absolute atomic E-state index is 0.199. The number of allylic oxidation sites excluding steroid dienone is 3. The first kappa shape index (κ1) is 26.5. The third kappa shape index (κ3) is 22.6. The third-order valence-electron chi connectivity index (χ3n) is 4.58. The average Bonchev–Trinajstić information content (AvgIpc) is 2.67. The Morgan fingerprint density at radius 3 is 1.82 bits per heavy atom. The predicted molar refractivity (Wildman–Crippen MR) is 122 cm³/mol.